The number of rotatable bonds is 4. The Morgan fingerprint density at radius 2 is 2.31 bits per heavy atom. The zero-order valence-electron chi connectivity index (χ0n) is 9.11. The number of nitrogens with two attached hydrogens (primary N) is 1. The molecule has 0 saturated heterocycles. The second-order valence-corrected chi connectivity index (χ2v) is 4.22. The first-order chi connectivity index (χ1) is 7.77. The fourth-order valence-electron chi connectivity index (χ4n) is 2.19. The topological polar surface area (TPSA) is 94.0 Å². The summed E-state index contributed by atoms with van der Waals surface area (Å²) in [5.74, 6) is 0.496. The van der Waals surface area contributed by atoms with E-state index >= 15 is 0 Å². The standard InChI is InChI=1S/C10H16N4O2/c11-6-10(3-1-2-4-10)9(15)12-5-8-13-7-16-14-8/h7H,1-6,11H2,(H,12,15). The summed E-state index contributed by atoms with van der Waals surface area (Å²) >= 11 is 0. The molecule has 1 fully saturated rings. The van der Waals surface area contributed by atoms with Gasteiger partial charge in [-0.2, -0.15) is 4.98 Å². The van der Waals surface area contributed by atoms with E-state index in [0.29, 0.717) is 18.9 Å². The number of carbonyl (C=O) groups is 1. The molecule has 6 nitrogen and oxygen atoms in total. The van der Waals surface area contributed by atoms with Crippen molar-refractivity contribution in [1.82, 2.24) is 15.5 Å². The molecule has 0 unspecified atom stereocenters. The predicted molar refractivity (Wildman–Crippen MR) is 56.1 cm³/mol. The van der Waals surface area contributed by atoms with E-state index in [1.54, 1.807) is 0 Å². The highest BCUT2D eigenvalue weighted by Gasteiger charge is 2.39. The third-order valence-electron chi connectivity index (χ3n) is 3.25. The predicted octanol–water partition coefficient (Wildman–Crippen LogP) is 0.205. The second kappa shape index (κ2) is 4.61. The largest absolute Gasteiger partial charge is 0.348 e. The first-order valence-corrected chi connectivity index (χ1v) is 5.50. The van der Waals surface area contributed by atoms with Crippen LogP contribution in [0.3, 0.4) is 0 Å². The van der Waals surface area contributed by atoms with Gasteiger partial charge in [0.05, 0.1) is 12.0 Å². The van der Waals surface area contributed by atoms with Gasteiger partial charge in [-0.05, 0) is 12.8 Å². The normalized spacial score (nSPS) is 18.6. The maximum absolute atomic E-state index is 12.0. The minimum atomic E-state index is -0.371. The van der Waals surface area contributed by atoms with Gasteiger partial charge in [0.25, 0.3) is 0 Å². The van der Waals surface area contributed by atoms with E-state index in [2.05, 4.69) is 20.0 Å². The highest BCUT2D eigenvalue weighted by molar-refractivity contribution is 5.83. The molecule has 3 N–H and O–H groups in total. The van der Waals surface area contributed by atoms with Crippen molar-refractivity contribution in [3.8, 4) is 0 Å². The summed E-state index contributed by atoms with van der Waals surface area (Å²) in [6, 6.07) is 0. The number of nitrogens with zero attached hydrogens (tertiary/aromatic N) is 2. The van der Waals surface area contributed by atoms with Crippen molar-refractivity contribution in [2.45, 2.75) is 32.2 Å². The van der Waals surface area contributed by atoms with Gasteiger partial charge in [-0.1, -0.05) is 18.0 Å². The first kappa shape index (κ1) is 11.1. The Morgan fingerprint density at radius 3 is 2.88 bits per heavy atom. The molecule has 16 heavy (non-hydrogen) atoms. The number of carbonyl (C=O) groups excluding carboxylic acids is 1. The van der Waals surface area contributed by atoms with Gasteiger partial charge in [0.2, 0.25) is 12.3 Å². The van der Waals surface area contributed by atoms with Gasteiger partial charge in [0, 0.05) is 6.54 Å². The number of aromatic nitrogens is 2. The maximum Gasteiger partial charge on any atom is 0.227 e. The smallest absolute Gasteiger partial charge is 0.227 e. The van der Waals surface area contributed by atoms with Crippen LogP contribution in [0, 0.1) is 5.41 Å². The van der Waals surface area contributed by atoms with Crippen LogP contribution in [0.1, 0.15) is 31.5 Å². The summed E-state index contributed by atoms with van der Waals surface area (Å²) in [7, 11) is 0. The van der Waals surface area contributed by atoms with E-state index in [4.69, 9.17) is 5.73 Å². The molecule has 1 heterocycles. The fraction of sp³-hybridized carbons (Fsp3) is 0.700. The fourth-order valence-corrected chi connectivity index (χ4v) is 2.19. The van der Waals surface area contributed by atoms with Gasteiger partial charge < -0.3 is 15.6 Å². The molecule has 88 valence electrons. The van der Waals surface area contributed by atoms with Crippen LogP contribution in [-0.2, 0) is 11.3 Å². The van der Waals surface area contributed by atoms with Gasteiger partial charge in [-0.3, -0.25) is 4.79 Å². The molecule has 0 aliphatic heterocycles. The van der Waals surface area contributed by atoms with Gasteiger partial charge in [-0.25, -0.2) is 0 Å². The Kier molecular flexibility index (Phi) is 3.19. The number of hydrogen-bond donors (Lipinski definition) is 2. The molecule has 1 aliphatic carbocycles. The molecule has 6 heteroatoms. The minimum Gasteiger partial charge on any atom is -0.348 e. The summed E-state index contributed by atoms with van der Waals surface area (Å²) in [6.07, 6.45) is 5.15. The molecule has 2 rings (SSSR count). The van der Waals surface area contributed by atoms with Crippen LogP contribution >= 0.6 is 0 Å². The monoisotopic (exact) mass is 224 g/mol. The van der Waals surface area contributed by atoms with Crippen molar-refractivity contribution in [2.24, 2.45) is 11.1 Å². The Hall–Kier alpha value is -1.43. The lowest BCUT2D eigenvalue weighted by Gasteiger charge is -2.25. The van der Waals surface area contributed by atoms with Crippen LogP contribution in [0.5, 0.6) is 0 Å². The summed E-state index contributed by atoms with van der Waals surface area (Å²) in [4.78, 5) is 15.9. The van der Waals surface area contributed by atoms with Crippen LogP contribution in [0.2, 0.25) is 0 Å². The van der Waals surface area contributed by atoms with Crippen LogP contribution in [0.25, 0.3) is 0 Å². The van der Waals surface area contributed by atoms with E-state index in [1.165, 1.54) is 6.39 Å². The van der Waals surface area contributed by atoms with Crippen LogP contribution in [0.15, 0.2) is 10.9 Å². The molecule has 0 radical (unpaired) electrons. The summed E-state index contributed by atoms with van der Waals surface area (Å²) in [6.45, 7) is 0.710. The maximum atomic E-state index is 12.0. The molecule has 1 aliphatic rings. The average molecular weight is 224 g/mol. The van der Waals surface area contributed by atoms with E-state index in [0.717, 1.165) is 25.7 Å². The van der Waals surface area contributed by atoms with Crippen LogP contribution in [-0.4, -0.2) is 22.6 Å². The molecule has 0 bridgehead atoms. The molecule has 0 spiro atoms. The highest BCUT2D eigenvalue weighted by Crippen LogP contribution is 2.37. The quantitative estimate of drug-likeness (QED) is 0.762. The SMILES string of the molecule is NCC1(C(=O)NCc2ncon2)CCCC1. The number of amides is 1. The molecular weight excluding hydrogens is 208 g/mol. The second-order valence-electron chi connectivity index (χ2n) is 4.22. The molecular formula is C10H16N4O2. The Bertz CT molecular complexity index is 344. The molecule has 1 saturated carbocycles. The van der Waals surface area contributed by atoms with E-state index in [9.17, 15) is 4.79 Å². The summed E-state index contributed by atoms with van der Waals surface area (Å²) < 4.78 is 4.59. The summed E-state index contributed by atoms with van der Waals surface area (Å²) in [5.41, 5.74) is 5.34. The Labute approximate surface area is 93.6 Å². The zero-order chi connectivity index (χ0) is 11.4. The molecule has 0 aromatic carbocycles. The van der Waals surface area contributed by atoms with Crippen molar-refractivity contribution in [1.29, 1.82) is 0 Å². The van der Waals surface area contributed by atoms with E-state index in [1.807, 2.05) is 0 Å². The third kappa shape index (κ3) is 2.06. The lowest BCUT2D eigenvalue weighted by Crippen LogP contribution is -2.43. The van der Waals surface area contributed by atoms with Crippen molar-refractivity contribution in [3.63, 3.8) is 0 Å². The Balaban J connectivity index is 1.91. The van der Waals surface area contributed by atoms with Gasteiger partial charge in [0.15, 0.2) is 5.82 Å². The molecule has 1 amide bonds. The third-order valence-corrected chi connectivity index (χ3v) is 3.25. The van der Waals surface area contributed by atoms with E-state index in [-0.39, 0.29) is 11.3 Å². The molecule has 1 aromatic rings. The van der Waals surface area contributed by atoms with Gasteiger partial charge in [0.1, 0.15) is 0 Å². The highest BCUT2D eigenvalue weighted by atomic mass is 16.5. The molecule has 1 aromatic heterocycles. The van der Waals surface area contributed by atoms with Crippen molar-refractivity contribution in [2.75, 3.05) is 6.54 Å². The number of hydrogen-bond acceptors (Lipinski definition) is 5. The number of nitrogens with one attached hydrogen (secondary N) is 1. The van der Waals surface area contributed by atoms with Crippen molar-refractivity contribution >= 4 is 5.91 Å². The van der Waals surface area contributed by atoms with E-state index < -0.39 is 0 Å². The Morgan fingerprint density at radius 1 is 1.56 bits per heavy atom. The lowest BCUT2D eigenvalue weighted by molar-refractivity contribution is -0.130. The van der Waals surface area contributed by atoms with Crippen LogP contribution in [0.4, 0.5) is 0 Å². The first-order valence-electron chi connectivity index (χ1n) is 5.50. The zero-order valence-corrected chi connectivity index (χ0v) is 9.11. The van der Waals surface area contributed by atoms with Crippen molar-refractivity contribution < 1.29 is 9.32 Å². The lowest BCUT2D eigenvalue weighted by atomic mass is 9.85. The van der Waals surface area contributed by atoms with Crippen molar-refractivity contribution in [3.05, 3.63) is 12.2 Å². The van der Waals surface area contributed by atoms with Gasteiger partial charge >= 0.3 is 0 Å². The van der Waals surface area contributed by atoms with Gasteiger partial charge in [-0.15, -0.1) is 0 Å². The van der Waals surface area contributed by atoms with Crippen LogP contribution < -0.4 is 11.1 Å². The average Bonchev–Trinajstić information content (AvgIpc) is 2.97. The molecule has 0 atom stereocenters. The summed E-state index contributed by atoms with van der Waals surface area (Å²) in [5, 5.41) is 6.45. The minimum absolute atomic E-state index is 0.0114.